The third kappa shape index (κ3) is 5.93. The van der Waals surface area contributed by atoms with Crippen LogP contribution in [-0.4, -0.2) is 37.2 Å². The molecule has 1 heterocycles. The highest BCUT2D eigenvalue weighted by Gasteiger charge is 2.28. The van der Waals surface area contributed by atoms with Crippen molar-refractivity contribution >= 4 is 29.1 Å². The number of carbonyl (C=O) groups is 2. The molecule has 182 valence electrons. The summed E-state index contributed by atoms with van der Waals surface area (Å²) in [5.41, 5.74) is 6.38. The van der Waals surface area contributed by atoms with E-state index in [9.17, 15) is 9.59 Å². The third-order valence-corrected chi connectivity index (χ3v) is 5.98. The first-order chi connectivity index (χ1) is 16.8. The molecule has 3 aromatic rings. The Labute approximate surface area is 206 Å². The molecule has 1 saturated heterocycles. The summed E-state index contributed by atoms with van der Waals surface area (Å²) < 4.78 is 5.23. The molecule has 2 N–H and O–H groups in total. The molecule has 1 aliphatic rings. The molecule has 4 rings (SSSR count). The number of nitrogens with one attached hydrogen (secondary N) is 2. The second-order valence-electron chi connectivity index (χ2n) is 9.04. The number of aryl methyl sites for hydroxylation is 3. The number of methoxy groups -OCH3 is 1. The number of hydrogen-bond donors (Lipinski definition) is 2. The van der Waals surface area contributed by atoms with E-state index in [4.69, 9.17) is 4.74 Å². The van der Waals surface area contributed by atoms with Crippen molar-refractivity contribution < 1.29 is 14.3 Å². The van der Waals surface area contributed by atoms with Crippen LogP contribution < -0.4 is 20.3 Å². The summed E-state index contributed by atoms with van der Waals surface area (Å²) in [7, 11) is 1.58. The number of hydrogen-bond acceptors (Lipinski definition) is 3. The summed E-state index contributed by atoms with van der Waals surface area (Å²) in [6.45, 7) is 7.95. The van der Waals surface area contributed by atoms with Gasteiger partial charge in [0.15, 0.2) is 0 Å². The van der Waals surface area contributed by atoms with E-state index < -0.39 is 0 Å². The summed E-state index contributed by atoms with van der Waals surface area (Å²) in [6.07, 6.45) is 0.847. The number of amides is 4. The Morgan fingerprint density at radius 1 is 0.914 bits per heavy atom. The van der Waals surface area contributed by atoms with E-state index in [0.717, 1.165) is 17.5 Å². The second kappa shape index (κ2) is 10.5. The lowest BCUT2D eigenvalue weighted by molar-refractivity contribution is 0.192. The molecule has 0 radical (unpaired) electrons. The Morgan fingerprint density at radius 2 is 1.69 bits per heavy atom. The van der Waals surface area contributed by atoms with Gasteiger partial charge in [-0.3, -0.25) is 4.90 Å². The second-order valence-corrected chi connectivity index (χ2v) is 9.04. The molecule has 0 saturated carbocycles. The Balaban J connectivity index is 1.53. The predicted molar refractivity (Wildman–Crippen MR) is 140 cm³/mol. The Hall–Kier alpha value is -4.00. The third-order valence-electron chi connectivity index (χ3n) is 5.98. The Bertz CT molecular complexity index is 1220. The van der Waals surface area contributed by atoms with E-state index in [0.29, 0.717) is 42.4 Å². The van der Waals surface area contributed by atoms with Crippen molar-refractivity contribution in [2.45, 2.75) is 33.7 Å². The molecule has 4 amide bonds. The van der Waals surface area contributed by atoms with Crippen LogP contribution >= 0.6 is 0 Å². The first kappa shape index (κ1) is 24.1. The maximum absolute atomic E-state index is 13.5. The number of benzene rings is 3. The maximum Gasteiger partial charge on any atom is 0.324 e. The summed E-state index contributed by atoms with van der Waals surface area (Å²) >= 11 is 0. The largest absolute Gasteiger partial charge is 0.497 e. The molecule has 0 aromatic heterocycles. The van der Waals surface area contributed by atoms with Crippen molar-refractivity contribution in [3.05, 3.63) is 82.9 Å². The molecule has 0 atom stereocenters. The molecule has 0 unspecified atom stereocenters. The lowest BCUT2D eigenvalue weighted by Crippen LogP contribution is -2.49. The van der Waals surface area contributed by atoms with Gasteiger partial charge in [-0.25, -0.2) is 9.59 Å². The van der Waals surface area contributed by atoms with Crippen LogP contribution in [-0.2, 0) is 6.54 Å². The van der Waals surface area contributed by atoms with Crippen molar-refractivity contribution in [2.24, 2.45) is 0 Å². The number of anilines is 3. The SMILES string of the molecule is COc1cccc(NC(=O)Nc2cc(C)ccc2N2CCCN(Cc3cc(C)cc(C)c3)C2=O)c1. The highest BCUT2D eigenvalue weighted by Crippen LogP contribution is 2.31. The quantitative estimate of drug-likeness (QED) is 0.455. The molecular formula is C28H32N4O3. The zero-order valence-electron chi connectivity index (χ0n) is 20.7. The van der Waals surface area contributed by atoms with E-state index in [-0.39, 0.29) is 12.1 Å². The standard InChI is InChI=1S/C28H32N4O3/c1-19-9-10-26(25(16-19)30-27(33)29-23-7-5-8-24(17-23)35-4)32-12-6-11-31(28(32)34)18-22-14-20(2)13-21(3)15-22/h5,7-10,13-17H,6,11-12,18H2,1-4H3,(H2,29,30,33). The highest BCUT2D eigenvalue weighted by atomic mass is 16.5. The van der Waals surface area contributed by atoms with Gasteiger partial charge >= 0.3 is 12.1 Å². The van der Waals surface area contributed by atoms with E-state index in [1.54, 1.807) is 24.1 Å². The lowest BCUT2D eigenvalue weighted by Gasteiger charge is -2.36. The van der Waals surface area contributed by atoms with Gasteiger partial charge in [0.2, 0.25) is 0 Å². The molecule has 0 bridgehead atoms. The monoisotopic (exact) mass is 472 g/mol. The van der Waals surface area contributed by atoms with Crippen LogP contribution in [0, 0.1) is 20.8 Å². The number of carbonyl (C=O) groups excluding carboxylic acids is 2. The van der Waals surface area contributed by atoms with Crippen LogP contribution in [0.15, 0.2) is 60.7 Å². The van der Waals surface area contributed by atoms with Gasteiger partial charge in [0.1, 0.15) is 5.75 Å². The minimum atomic E-state index is -0.387. The zero-order chi connectivity index (χ0) is 24.9. The molecule has 1 fully saturated rings. The van der Waals surface area contributed by atoms with Crippen LogP contribution in [0.2, 0.25) is 0 Å². The van der Waals surface area contributed by atoms with Crippen molar-refractivity contribution in [1.82, 2.24) is 4.90 Å². The summed E-state index contributed by atoms with van der Waals surface area (Å²) in [5, 5.41) is 5.77. The van der Waals surface area contributed by atoms with Crippen LogP contribution in [0.5, 0.6) is 5.75 Å². The van der Waals surface area contributed by atoms with Gasteiger partial charge in [-0.2, -0.15) is 0 Å². The van der Waals surface area contributed by atoms with Crippen molar-refractivity contribution in [1.29, 1.82) is 0 Å². The van der Waals surface area contributed by atoms with Crippen LogP contribution in [0.25, 0.3) is 0 Å². The van der Waals surface area contributed by atoms with Gasteiger partial charge in [-0.15, -0.1) is 0 Å². The number of nitrogens with zero attached hydrogens (tertiary/aromatic N) is 2. The average Bonchev–Trinajstić information content (AvgIpc) is 2.80. The number of urea groups is 2. The first-order valence-electron chi connectivity index (χ1n) is 11.8. The summed E-state index contributed by atoms with van der Waals surface area (Å²) in [6, 6.07) is 18.8. The van der Waals surface area contributed by atoms with E-state index in [1.165, 1.54) is 11.1 Å². The van der Waals surface area contributed by atoms with Gasteiger partial charge < -0.3 is 20.3 Å². The van der Waals surface area contributed by atoms with Crippen molar-refractivity contribution in [3.63, 3.8) is 0 Å². The molecule has 0 spiro atoms. The van der Waals surface area contributed by atoms with E-state index in [2.05, 4.69) is 42.7 Å². The molecular weight excluding hydrogens is 440 g/mol. The zero-order valence-corrected chi connectivity index (χ0v) is 20.7. The maximum atomic E-state index is 13.5. The van der Waals surface area contributed by atoms with Gasteiger partial charge in [0.05, 0.1) is 18.5 Å². The normalized spacial score (nSPS) is 13.5. The Morgan fingerprint density at radius 3 is 2.43 bits per heavy atom. The van der Waals surface area contributed by atoms with Crippen LogP contribution in [0.4, 0.5) is 26.7 Å². The van der Waals surface area contributed by atoms with Gasteiger partial charge in [0.25, 0.3) is 0 Å². The molecule has 3 aromatic carbocycles. The van der Waals surface area contributed by atoms with Crippen molar-refractivity contribution in [2.75, 3.05) is 35.7 Å². The molecule has 7 heteroatoms. The Kier molecular flexibility index (Phi) is 7.25. The van der Waals surface area contributed by atoms with Gasteiger partial charge in [-0.05, 0) is 62.6 Å². The summed E-state index contributed by atoms with van der Waals surface area (Å²) in [5.74, 6) is 0.654. The smallest absolute Gasteiger partial charge is 0.324 e. The van der Waals surface area contributed by atoms with Crippen LogP contribution in [0.1, 0.15) is 28.7 Å². The fraction of sp³-hybridized carbons (Fsp3) is 0.286. The highest BCUT2D eigenvalue weighted by molar-refractivity contribution is 6.04. The minimum Gasteiger partial charge on any atom is -0.497 e. The lowest BCUT2D eigenvalue weighted by atomic mass is 10.1. The minimum absolute atomic E-state index is 0.0597. The fourth-order valence-corrected chi connectivity index (χ4v) is 4.50. The number of rotatable bonds is 6. The van der Waals surface area contributed by atoms with Crippen molar-refractivity contribution in [3.8, 4) is 5.75 Å². The van der Waals surface area contributed by atoms with E-state index in [1.807, 2.05) is 42.2 Å². The molecule has 1 aliphatic heterocycles. The first-order valence-corrected chi connectivity index (χ1v) is 11.8. The predicted octanol–water partition coefficient (Wildman–Crippen LogP) is 6.10. The average molecular weight is 473 g/mol. The van der Waals surface area contributed by atoms with Gasteiger partial charge in [0, 0.05) is 31.4 Å². The van der Waals surface area contributed by atoms with Gasteiger partial charge in [-0.1, -0.05) is 41.5 Å². The number of ether oxygens (including phenoxy) is 1. The topological polar surface area (TPSA) is 73.9 Å². The van der Waals surface area contributed by atoms with Crippen LogP contribution in [0.3, 0.4) is 0 Å². The van der Waals surface area contributed by atoms with E-state index >= 15 is 0 Å². The molecule has 0 aliphatic carbocycles. The molecule has 7 nitrogen and oxygen atoms in total. The summed E-state index contributed by atoms with van der Waals surface area (Å²) in [4.78, 5) is 29.9. The molecule has 35 heavy (non-hydrogen) atoms. The fourth-order valence-electron chi connectivity index (χ4n) is 4.50.